The maximum atomic E-state index is 6.83. The Morgan fingerprint density at radius 3 is 1.32 bits per heavy atom. The van der Waals surface area contributed by atoms with Crippen LogP contribution in [0.15, 0.2) is 91.0 Å². The summed E-state index contributed by atoms with van der Waals surface area (Å²) < 4.78 is 0. The van der Waals surface area contributed by atoms with Crippen LogP contribution in [0.5, 0.6) is 0 Å². The number of fused-ring (bicyclic) bond motifs is 2. The van der Waals surface area contributed by atoms with Crippen LogP contribution in [0.1, 0.15) is 0 Å². The van der Waals surface area contributed by atoms with Crippen molar-refractivity contribution in [2.24, 2.45) is 0 Å². The second-order valence-corrected chi connectivity index (χ2v) is 13.4. The average molecular weight is 679 g/mol. The molecule has 0 unspecified atom stereocenters. The van der Waals surface area contributed by atoms with E-state index in [1.54, 1.807) is 0 Å². The first-order valence-electron chi connectivity index (χ1n) is 17.3. The van der Waals surface area contributed by atoms with Gasteiger partial charge in [-0.1, -0.05) is 123 Å². The van der Waals surface area contributed by atoms with E-state index in [9.17, 15) is 0 Å². The number of benzene rings is 7. The Hall–Kier alpha value is -5.15. The summed E-state index contributed by atoms with van der Waals surface area (Å²) in [4.78, 5) is 14.7. The van der Waals surface area contributed by atoms with E-state index >= 15 is 0 Å². The molecule has 0 saturated carbocycles. The SMILES string of the molecule is [B]c1c([B])c([B])c(-c2ccc(-c3cccc(-c4nc(-c5ccccc5)nc(-c5c([B])c([B])c6c([B])c([B])c([B])c([B])c6c5[B])n4)c3)c3ccccc23)c([B])c1[B]. The lowest BCUT2D eigenvalue weighted by Gasteiger charge is -2.24. The molecule has 230 valence electrons. The summed E-state index contributed by atoms with van der Waals surface area (Å²) in [6.07, 6.45) is 0. The quantitative estimate of drug-likeness (QED) is 0.175. The lowest BCUT2D eigenvalue weighted by molar-refractivity contribution is 1.08. The molecule has 1 aromatic heterocycles. The van der Waals surface area contributed by atoms with Gasteiger partial charge in [0.05, 0.1) is 0 Å². The molecule has 8 rings (SSSR count). The molecule has 0 spiro atoms. The number of nitrogens with zero attached hydrogens (tertiary/aromatic N) is 3. The van der Waals surface area contributed by atoms with E-state index in [-0.39, 0.29) is 76.9 Å². The molecule has 0 aliphatic heterocycles. The second kappa shape index (κ2) is 14.4. The first kappa shape index (κ1) is 37.8. The van der Waals surface area contributed by atoms with E-state index in [0.29, 0.717) is 33.5 Å². The van der Waals surface area contributed by atoms with Crippen LogP contribution < -0.4 is 65.6 Å². The van der Waals surface area contributed by atoms with Crippen LogP contribution in [0, 0.1) is 0 Å². The van der Waals surface area contributed by atoms with Gasteiger partial charge in [-0.15, -0.1) is 27.3 Å². The summed E-state index contributed by atoms with van der Waals surface area (Å²) >= 11 is 0. The fourth-order valence-corrected chi connectivity index (χ4v) is 7.24. The highest BCUT2D eigenvalue weighted by Crippen LogP contribution is 2.36. The Morgan fingerprint density at radius 1 is 0.286 bits per heavy atom. The third-order valence-electron chi connectivity index (χ3n) is 10.2. The highest BCUT2D eigenvalue weighted by molar-refractivity contribution is 6.72. The van der Waals surface area contributed by atoms with Crippen molar-refractivity contribution in [3.05, 3.63) is 91.0 Å². The lowest BCUT2D eigenvalue weighted by atomic mass is 9.59. The van der Waals surface area contributed by atoms with Crippen LogP contribution >= 0.6 is 0 Å². The third-order valence-corrected chi connectivity index (χ3v) is 10.2. The van der Waals surface area contributed by atoms with Crippen molar-refractivity contribution < 1.29 is 0 Å². The van der Waals surface area contributed by atoms with Gasteiger partial charge < -0.3 is 0 Å². The molecule has 0 atom stereocenters. The van der Waals surface area contributed by atoms with Gasteiger partial charge in [-0.3, -0.25) is 0 Å². The maximum absolute atomic E-state index is 6.83. The molecule has 7 aromatic carbocycles. The largest absolute Gasteiger partial charge is 0.208 e. The van der Waals surface area contributed by atoms with E-state index in [2.05, 4.69) is 0 Å². The highest BCUT2D eigenvalue weighted by Gasteiger charge is 2.22. The van der Waals surface area contributed by atoms with Gasteiger partial charge in [0.25, 0.3) is 0 Å². The summed E-state index contributed by atoms with van der Waals surface area (Å²) in [6, 6.07) is 29.1. The van der Waals surface area contributed by atoms with Crippen molar-refractivity contribution in [1.82, 2.24) is 15.0 Å². The highest BCUT2D eigenvalue weighted by atomic mass is 15.0. The molecule has 0 bridgehead atoms. The van der Waals surface area contributed by atoms with E-state index in [1.165, 1.54) is 0 Å². The Kier molecular flexibility index (Phi) is 9.72. The molecule has 3 nitrogen and oxygen atoms in total. The van der Waals surface area contributed by atoms with Crippen molar-refractivity contribution in [2.75, 3.05) is 0 Å². The minimum Gasteiger partial charge on any atom is -0.208 e. The van der Waals surface area contributed by atoms with Gasteiger partial charge in [0, 0.05) is 16.7 Å². The van der Waals surface area contributed by atoms with Crippen molar-refractivity contribution in [3.63, 3.8) is 0 Å². The predicted octanol–water partition coefficient (Wildman–Crippen LogP) is -3.96. The van der Waals surface area contributed by atoms with Crippen molar-refractivity contribution in [3.8, 4) is 56.4 Å². The Labute approximate surface area is 342 Å². The van der Waals surface area contributed by atoms with Gasteiger partial charge in [0.15, 0.2) is 17.5 Å². The van der Waals surface area contributed by atoms with E-state index in [0.717, 1.165) is 33.0 Å². The standard InChI is InChI=1S/C41H15B12N3/c42-27-24-25(32(47)37(52)36(51)31(24)46)30(45)33(48)26(27)41-55-39(16-7-2-1-3-8-16)54-40(56-41)18-10-6-9-17(15-18)19-13-14-22(21-12-5-4-11-20(19)21)23-28(43)34(49)38(53)35(50)29(23)44/h1-15H. The Balaban J connectivity index is 1.34. The Morgan fingerprint density at radius 2 is 0.696 bits per heavy atom. The fourth-order valence-electron chi connectivity index (χ4n) is 7.24. The van der Waals surface area contributed by atoms with Gasteiger partial charge in [0.2, 0.25) is 0 Å². The molecule has 15 heteroatoms. The topological polar surface area (TPSA) is 38.7 Å². The molecule has 0 saturated heterocycles. The molecule has 8 aromatic rings. The zero-order chi connectivity index (χ0) is 39.7. The molecule has 1 heterocycles. The van der Waals surface area contributed by atoms with Crippen molar-refractivity contribution in [2.45, 2.75) is 0 Å². The first-order valence-corrected chi connectivity index (χ1v) is 17.3. The monoisotopic (exact) mass is 681 g/mol. The normalized spacial score (nSPS) is 11.4. The fraction of sp³-hybridized carbons (Fsp3) is 0. The molecular formula is C41H15B12N3. The molecule has 0 fully saturated rings. The summed E-state index contributed by atoms with van der Waals surface area (Å²) in [5.41, 5.74) is 6.40. The second-order valence-electron chi connectivity index (χ2n) is 13.4. The molecule has 0 aliphatic rings. The van der Waals surface area contributed by atoms with Crippen LogP contribution in [0.4, 0.5) is 0 Å². The van der Waals surface area contributed by atoms with Crippen LogP contribution in [0.3, 0.4) is 0 Å². The summed E-state index contributed by atoms with van der Waals surface area (Å²) in [5, 5.41) is 2.38. The zero-order valence-electron chi connectivity index (χ0n) is 29.9. The predicted molar refractivity (Wildman–Crippen MR) is 247 cm³/mol. The van der Waals surface area contributed by atoms with Crippen molar-refractivity contribution in [1.29, 1.82) is 0 Å². The minimum absolute atomic E-state index is 0.0733. The van der Waals surface area contributed by atoms with Crippen LogP contribution in [0.2, 0.25) is 0 Å². The Bertz CT molecular complexity index is 2930. The summed E-state index contributed by atoms with van der Waals surface area (Å²) in [7, 11) is 77.0. The van der Waals surface area contributed by atoms with Gasteiger partial charge >= 0.3 is 0 Å². The number of aromatic nitrogens is 3. The van der Waals surface area contributed by atoms with Crippen LogP contribution in [-0.2, 0) is 0 Å². The van der Waals surface area contributed by atoms with E-state index in [4.69, 9.17) is 109 Å². The summed E-state index contributed by atoms with van der Waals surface area (Å²) in [6.45, 7) is 0. The van der Waals surface area contributed by atoms with Gasteiger partial charge in [0.1, 0.15) is 94.2 Å². The first-order chi connectivity index (χ1) is 26.8. The van der Waals surface area contributed by atoms with Gasteiger partial charge in [-0.2, -0.15) is 0 Å². The van der Waals surface area contributed by atoms with Gasteiger partial charge in [-0.25, -0.2) is 15.0 Å². The van der Waals surface area contributed by atoms with Gasteiger partial charge in [-0.05, 0) is 49.9 Å². The number of hydrogen-bond donors (Lipinski definition) is 0. The van der Waals surface area contributed by atoms with E-state index < -0.39 is 0 Å². The van der Waals surface area contributed by atoms with Crippen LogP contribution in [0.25, 0.3) is 78.0 Å². The minimum atomic E-state index is 0.0733. The molecule has 0 amide bonds. The van der Waals surface area contributed by atoms with Crippen LogP contribution in [-0.4, -0.2) is 109 Å². The molecular weight excluding hydrogens is 664 g/mol. The molecule has 0 aliphatic carbocycles. The maximum Gasteiger partial charge on any atom is 0.164 e. The smallest absolute Gasteiger partial charge is 0.164 e. The number of rotatable bonds is 5. The zero-order valence-corrected chi connectivity index (χ0v) is 29.9. The van der Waals surface area contributed by atoms with Crippen molar-refractivity contribution >= 4 is 181 Å². The average Bonchev–Trinajstić information content (AvgIpc) is 3.22. The number of hydrogen-bond acceptors (Lipinski definition) is 3. The molecule has 0 N–H and O–H groups in total. The lowest BCUT2D eigenvalue weighted by Crippen LogP contribution is -2.55. The third kappa shape index (κ3) is 5.97. The summed E-state index contributed by atoms with van der Waals surface area (Å²) in [5.74, 6) is 0.861. The molecule has 24 radical (unpaired) electrons. The van der Waals surface area contributed by atoms with E-state index in [1.807, 2.05) is 91.0 Å². The molecule has 56 heavy (non-hydrogen) atoms.